The fraction of sp³-hybridized carbons (Fsp3) is 0.600. The van der Waals surface area contributed by atoms with E-state index in [2.05, 4.69) is 66.5 Å². The highest BCUT2D eigenvalue weighted by Crippen LogP contribution is 2.14. The van der Waals surface area contributed by atoms with E-state index in [-0.39, 0.29) is 24.0 Å². The number of hydrogen-bond donors (Lipinski definition) is 2. The Labute approximate surface area is 181 Å². The van der Waals surface area contributed by atoms with Crippen LogP contribution in [0, 0.1) is 5.92 Å². The summed E-state index contributed by atoms with van der Waals surface area (Å²) in [5.41, 5.74) is 0.967. The van der Waals surface area contributed by atoms with E-state index in [0.717, 1.165) is 37.0 Å². The van der Waals surface area contributed by atoms with Gasteiger partial charge in [-0.1, -0.05) is 45.0 Å². The summed E-state index contributed by atoms with van der Waals surface area (Å²) in [6, 6.07) is 2.33. The minimum Gasteiger partial charge on any atom is -0.359 e. The van der Waals surface area contributed by atoms with E-state index in [0.29, 0.717) is 24.4 Å². The quantitative estimate of drug-likeness (QED) is 0.214. The van der Waals surface area contributed by atoms with Gasteiger partial charge in [-0.05, 0) is 11.8 Å². The van der Waals surface area contributed by atoms with Crippen molar-refractivity contribution in [3.05, 3.63) is 42.8 Å². The Hall–Kier alpha value is -1.35. The van der Waals surface area contributed by atoms with E-state index in [4.69, 9.17) is 4.52 Å². The molecule has 1 aromatic rings. The van der Waals surface area contributed by atoms with Crippen molar-refractivity contribution in [2.75, 3.05) is 26.7 Å². The summed E-state index contributed by atoms with van der Waals surface area (Å²) in [6.45, 7) is 19.4. The molecule has 0 saturated heterocycles. The maximum absolute atomic E-state index is 5.36. The number of aromatic nitrogens is 1. The fourth-order valence-electron chi connectivity index (χ4n) is 2.74. The van der Waals surface area contributed by atoms with Crippen LogP contribution in [0.15, 0.2) is 40.9 Å². The zero-order valence-corrected chi connectivity index (χ0v) is 19.7. The molecule has 1 rings (SSSR count). The first-order valence-electron chi connectivity index (χ1n) is 9.28. The Bertz CT molecular complexity index is 573. The molecule has 0 saturated carbocycles. The second-order valence-corrected chi connectivity index (χ2v) is 7.02. The third kappa shape index (κ3) is 8.92. The normalized spacial score (nSPS) is 12.8. The summed E-state index contributed by atoms with van der Waals surface area (Å²) in [5, 5.41) is 10.8. The van der Waals surface area contributed by atoms with Crippen molar-refractivity contribution in [2.24, 2.45) is 10.9 Å². The maximum atomic E-state index is 5.36. The van der Waals surface area contributed by atoms with Gasteiger partial charge in [0.1, 0.15) is 0 Å². The molecule has 0 aliphatic carbocycles. The highest BCUT2D eigenvalue weighted by atomic mass is 127. The molecule has 154 valence electrons. The van der Waals surface area contributed by atoms with Gasteiger partial charge in [-0.2, -0.15) is 0 Å². The Kier molecular flexibility index (Phi) is 13.1. The minimum atomic E-state index is 0. The smallest absolute Gasteiger partial charge is 0.191 e. The van der Waals surface area contributed by atoms with Gasteiger partial charge < -0.3 is 15.2 Å². The monoisotopic (exact) mass is 489 g/mol. The highest BCUT2D eigenvalue weighted by molar-refractivity contribution is 14.0. The molecule has 1 atom stereocenters. The van der Waals surface area contributed by atoms with E-state index in [1.807, 2.05) is 18.2 Å². The molecule has 1 aromatic heterocycles. The Morgan fingerprint density at radius 1 is 1.22 bits per heavy atom. The summed E-state index contributed by atoms with van der Waals surface area (Å²) in [6.07, 6.45) is 3.87. The van der Waals surface area contributed by atoms with Crippen molar-refractivity contribution in [2.45, 2.75) is 46.2 Å². The standard InChI is InChI=1S/C20H35N5O.HI/c1-8-10-25(11-9-2)19(16(5)6)14-23-20(21-7)22-13-17-12-18(15(3)4)24-26-17;/h8-9,12,15-16,19H,1-2,10-11,13-14H2,3-7H3,(H2,21,22,23);1H. The van der Waals surface area contributed by atoms with Gasteiger partial charge in [0.2, 0.25) is 0 Å². The Morgan fingerprint density at radius 3 is 2.30 bits per heavy atom. The van der Waals surface area contributed by atoms with Gasteiger partial charge in [0, 0.05) is 38.8 Å². The zero-order chi connectivity index (χ0) is 19.5. The molecule has 0 bridgehead atoms. The summed E-state index contributed by atoms with van der Waals surface area (Å²) in [4.78, 5) is 6.66. The molecule has 0 aliphatic rings. The van der Waals surface area contributed by atoms with Gasteiger partial charge in [-0.15, -0.1) is 37.1 Å². The van der Waals surface area contributed by atoms with E-state index in [9.17, 15) is 0 Å². The number of nitrogens with zero attached hydrogens (tertiary/aromatic N) is 3. The molecule has 0 amide bonds. The maximum Gasteiger partial charge on any atom is 0.191 e. The molecule has 27 heavy (non-hydrogen) atoms. The van der Waals surface area contributed by atoms with Gasteiger partial charge in [-0.25, -0.2) is 0 Å². The third-order valence-corrected chi connectivity index (χ3v) is 4.27. The lowest BCUT2D eigenvalue weighted by Gasteiger charge is -2.33. The molecule has 0 spiro atoms. The average molecular weight is 489 g/mol. The molecule has 1 heterocycles. The van der Waals surface area contributed by atoms with Crippen molar-refractivity contribution in [1.29, 1.82) is 0 Å². The first-order chi connectivity index (χ1) is 12.4. The minimum absolute atomic E-state index is 0. The number of aliphatic imine (C=N–C) groups is 1. The largest absolute Gasteiger partial charge is 0.359 e. The predicted molar refractivity (Wildman–Crippen MR) is 125 cm³/mol. The molecule has 1 unspecified atom stereocenters. The van der Waals surface area contributed by atoms with Crippen LogP contribution in [-0.2, 0) is 6.54 Å². The molecule has 0 aromatic carbocycles. The lowest BCUT2D eigenvalue weighted by molar-refractivity contribution is 0.190. The van der Waals surface area contributed by atoms with E-state index in [1.165, 1.54) is 0 Å². The van der Waals surface area contributed by atoms with Crippen LogP contribution in [0.2, 0.25) is 0 Å². The second-order valence-electron chi connectivity index (χ2n) is 7.02. The van der Waals surface area contributed by atoms with Crippen molar-refractivity contribution in [3.8, 4) is 0 Å². The molecule has 0 radical (unpaired) electrons. The lowest BCUT2D eigenvalue weighted by Crippen LogP contribution is -2.49. The van der Waals surface area contributed by atoms with E-state index in [1.54, 1.807) is 7.05 Å². The summed E-state index contributed by atoms with van der Waals surface area (Å²) in [7, 11) is 1.77. The molecular formula is C20H36IN5O. The molecular weight excluding hydrogens is 453 g/mol. The summed E-state index contributed by atoms with van der Waals surface area (Å²) >= 11 is 0. The molecule has 0 fully saturated rings. The highest BCUT2D eigenvalue weighted by Gasteiger charge is 2.20. The average Bonchev–Trinajstić information content (AvgIpc) is 3.07. The van der Waals surface area contributed by atoms with Crippen LogP contribution in [0.3, 0.4) is 0 Å². The Morgan fingerprint density at radius 2 is 1.85 bits per heavy atom. The third-order valence-electron chi connectivity index (χ3n) is 4.27. The first-order valence-corrected chi connectivity index (χ1v) is 9.28. The van der Waals surface area contributed by atoms with Crippen LogP contribution in [0.5, 0.6) is 0 Å². The predicted octanol–water partition coefficient (Wildman–Crippen LogP) is 3.78. The number of halogens is 1. The van der Waals surface area contributed by atoms with Crippen LogP contribution >= 0.6 is 24.0 Å². The molecule has 0 aliphatic heterocycles. The van der Waals surface area contributed by atoms with Crippen LogP contribution in [0.25, 0.3) is 0 Å². The number of nitrogens with one attached hydrogen (secondary N) is 2. The van der Waals surface area contributed by atoms with E-state index < -0.39 is 0 Å². The van der Waals surface area contributed by atoms with Gasteiger partial charge in [0.05, 0.1) is 12.2 Å². The van der Waals surface area contributed by atoms with Gasteiger partial charge >= 0.3 is 0 Å². The van der Waals surface area contributed by atoms with Crippen molar-refractivity contribution in [3.63, 3.8) is 0 Å². The van der Waals surface area contributed by atoms with Crippen LogP contribution in [0.1, 0.15) is 45.1 Å². The molecule has 6 nitrogen and oxygen atoms in total. The SMILES string of the molecule is C=CCN(CC=C)C(CNC(=NC)NCc1cc(C(C)C)no1)C(C)C.I. The lowest BCUT2D eigenvalue weighted by atomic mass is 10.0. The van der Waals surface area contributed by atoms with Gasteiger partial charge in [0.15, 0.2) is 11.7 Å². The zero-order valence-electron chi connectivity index (χ0n) is 17.4. The fourth-order valence-corrected chi connectivity index (χ4v) is 2.74. The number of rotatable bonds is 11. The van der Waals surface area contributed by atoms with Crippen LogP contribution < -0.4 is 10.6 Å². The van der Waals surface area contributed by atoms with Gasteiger partial charge in [-0.3, -0.25) is 9.89 Å². The summed E-state index contributed by atoms with van der Waals surface area (Å²) < 4.78 is 5.36. The van der Waals surface area contributed by atoms with Crippen LogP contribution in [0.4, 0.5) is 0 Å². The van der Waals surface area contributed by atoms with Crippen LogP contribution in [-0.4, -0.2) is 48.7 Å². The van der Waals surface area contributed by atoms with E-state index >= 15 is 0 Å². The van der Waals surface area contributed by atoms with Crippen molar-refractivity contribution < 1.29 is 4.52 Å². The first kappa shape index (κ1) is 25.6. The molecule has 7 heteroatoms. The molecule has 2 N–H and O–H groups in total. The topological polar surface area (TPSA) is 65.7 Å². The summed E-state index contributed by atoms with van der Waals surface area (Å²) in [5.74, 6) is 2.40. The number of hydrogen-bond acceptors (Lipinski definition) is 4. The second kappa shape index (κ2) is 13.8. The van der Waals surface area contributed by atoms with Crippen molar-refractivity contribution in [1.82, 2.24) is 20.7 Å². The Balaban J connectivity index is 0.00000676. The number of guanidine groups is 1. The van der Waals surface area contributed by atoms with Gasteiger partial charge in [0.25, 0.3) is 0 Å². The van der Waals surface area contributed by atoms with Crippen molar-refractivity contribution >= 4 is 29.9 Å².